The highest BCUT2D eigenvalue weighted by atomic mass is 16.5. The van der Waals surface area contributed by atoms with Gasteiger partial charge in [0.15, 0.2) is 0 Å². The van der Waals surface area contributed by atoms with Gasteiger partial charge in [0.25, 0.3) is 0 Å². The monoisotopic (exact) mass is 144 g/mol. The summed E-state index contributed by atoms with van der Waals surface area (Å²) < 4.78 is 5.13. The maximum atomic E-state index is 5.33. The van der Waals surface area contributed by atoms with Crippen LogP contribution in [0, 0.1) is 0 Å². The van der Waals surface area contributed by atoms with Crippen molar-refractivity contribution in [2.24, 2.45) is 5.73 Å². The van der Waals surface area contributed by atoms with Crippen molar-refractivity contribution in [2.45, 2.75) is 25.0 Å². The summed E-state index contributed by atoms with van der Waals surface area (Å²) in [6.45, 7) is 1.66. The standard InChI is InChI=1S/C7H16N2O/c1-10-7-4-6(5-7)9-3-2-8/h6-7,9H,2-5,8H2,1H3. The minimum atomic E-state index is 0.496. The number of nitrogens with two attached hydrogens (primary N) is 1. The molecule has 1 aliphatic carbocycles. The molecule has 0 atom stereocenters. The van der Waals surface area contributed by atoms with E-state index >= 15 is 0 Å². The molecule has 0 bridgehead atoms. The zero-order valence-electron chi connectivity index (χ0n) is 6.47. The first-order chi connectivity index (χ1) is 4.86. The summed E-state index contributed by atoms with van der Waals surface area (Å²) in [6.07, 6.45) is 2.79. The van der Waals surface area contributed by atoms with Gasteiger partial charge in [-0.1, -0.05) is 0 Å². The first-order valence-electron chi connectivity index (χ1n) is 3.83. The van der Waals surface area contributed by atoms with Gasteiger partial charge in [0, 0.05) is 26.2 Å². The Hall–Kier alpha value is -0.120. The molecule has 60 valence electrons. The highest BCUT2D eigenvalue weighted by molar-refractivity contribution is 4.85. The Kier molecular flexibility index (Phi) is 3.12. The molecule has 1 fully saturated rings. The van der Waals surface area contributed by atoms with Gasteiger partial charge in [-0.15, -0.1) is 0 Å². The molecule has 0 aromatic heterocycles. The number of nitrogens with one attached hydrogen (secondary N) is 1. The maximum absolute atomic E-state index is 5.33. The molecule has 0 spiro atoms. The van der Waals surface area contributed by atoms with Crippen molar-refractivity contribution in [1.82, 2.24) is 5.32 Å². The lowest BCUT2D eigenvalue weighted by Gasteiger charge is -2.34. The Balaban J connectivity index is 1.93. The maximum Gasteiger partial charge on any atom is 0.0601 e. The van der Waals surface area contributed by atoms with E-state index < -0.39 is 0 Å². The highest BCUT2D eigenvalue weighted by Gasteiger charge is 2.27. The van der Waals surface area contributed by atoms with Gasteiger partial charge < -0.3 is 15.8 Å². The van der Waals surface area contributed by atoms with Crippen LogP contribution in [-0.2, 0) is 4.74 Å². The van der Waals surface area contributed by atoms with Crippen molar-refractivity contribution in [1.29, 1.82) is 0 Å². The van der Waals surface area contributed by atoms with Crippen LogP contribution in [0.1, 0.15) is 12.8 Å². The van der Waals surface area contributed by atoms with Gasteiger partial charge in [-0.3, -0.25) is 0 Å². The molecular formula is C7H16N2O. The van der Waals surface area contributed by atoms with E-state index in [1.165, 1.54) is 0 Å². The number of hydrogen-bond acceptors (Lipinski definition) is 3. The molecule has 0 aromatic carbocycles. The Bertz CT molecular complexity index is 88.9. The Morgan fingerprint density at radius 2 is 2.30 bits per heavy atom. The zero-order valence-corrected chi connectivity index (χ0v) is 6.47. The summed E-state index contributed by atoms with van der Waals surface area (Å²) >= 11 is 0. The van der Waals surface area contributed by atoms with Gasteiger partial charge in [0.1, 0.15) is 0 Å². The van der Waals surface area contributed by atoms with Crippen molar-refractivity contribution < 1.29 is 4.74 Å². The summed E-state index contributed by atoms with van der Waals surface area (Å²) in [4.78, 5) is 0. The molecule has 0 saturated heterocycles. The van der Waals surface area contributed by atoms with Crippen LogP contribution in [0.2, 0.25) is 0 Å². The van der Waals surface area contributed by atoms with Gasteiger partial charge in [0.05, 0.1) is 6.10 Å². The van der Waals surface area contributed by atoms with Gasteiger partial charge in [-0.2, -0.15) is 0 Å². The number of hydrogen-bond donors (Lipinski definition) is 2. The molecule has 1 saturated carbocycles. The molecule has 3 N–H and O–H groups in total. The highest BCUT2D eigenvalue weighted by Crippen LogP contribution is 2.21. The molecule has 1 aliphatic rings. The smallest absolute Gasteiger partial charge is 0.0601 e. The summed E-state index contributed by atoms with van der Waals surface area (Å²) in [6, 6.07) is 0.661. The number of ether oxygens (including phenoxy) is 1. The second-order valence-electron chi connectivity index (χ2n) is 2.77. The molecule has 0 radical (unpaired) electrons. The van der Waals surface area contributed by atoms with E-state index in [0.29, 0.717) is 12.1 Å². The summed E-state index contributed by atoms with van der Waals surface area (Å²) in [5, 5.41) is 3.33. The summed E-state index contributed by atoms with van der Waals surface area (Å²) in [7, 11) is 1.77. The van der Waals surface area contributed by atoms with Crippen LogP contribution in [-0.4, -0.2) is 32.3 Å². The quantitative estimate of drug-likeness (QED) is 0.570. The molecule has 10 heavy (non-hydrogen) atoms. The fourth-order valence-corrected chi connectivity index (χ4v) is 1.21. The molecular weight excluding hydrogens is 128 g/mol. The summed E-state index contributed by atoms with van der Waals surface area (Å²) in [5.74, 6) is 0. The van der Waals surface area contributed by atoms with E-state index in [2.05, 4.69) is 5.32 Å². The average Bonchev–Trinajstić information content (AvgIpc) is 1.86. The van der Waals surface area contributed by atoms with Crippen molar-refractivity contribution in [3.05, 3.63) is 0 Å². The van der Waals surface area contributed by atoms with Gasteiger partial charge in [-0.25, -0.2) is 0 Å². The SMILES string of the molecule is COC1CC(NCCN)C1. The van der Waals surface area contributed by atoms with Crippen molar-refractivity contribution in [2.75, 3.05) is 20.2 Å². The van der Waals surface area contributed by atoms with Gasteiger partial charge in [-0.05, 0) is 12.8 Å². The zero-order chi connectivity index (χ0) is 7.40. The number of rotatable bonds is 4. The molecule has 3 nitrogen and oxygen atoms in total. The Labute approximate surface area is 61.9 Å². The van der Waals surface area contributed by atoms with Crippen molar-refractivity contribution >= 4 is 0 Å². The fourth-order valence-electron chi connectivity index (χ4n) is 1.21. The number of methoxy groups -OCH3 is 1. The van der Waals surface area contributed by atoms with Gasteiger partial charge in [0.2, 0.25) is 0 Å². The molecule has 0 aromatic rings. The third kappa shape index (κ3) is 1.94. The van der Waals surface area contributed by atoms with Crippen LogP contribution in [0.3, 0.4) is 0 Å². The normalized spacial score (nSPS) is 31.8. The topological polar surface area (TPSA) is 47.3 Å². The van der Waals surface area contributed by atoms with E-state index in [1.807, 2.05) is 0 Å². The van der Waals surface area contributed by atoms with E-state index in [-0.39, 0.29) is 0 Å². The third-order valence-electron chi connectivity index (χ3n) is 2.01. The fraction of sp³-hybridized carbons (Fsp3) is 1.00. The van der Waals surface area contributed by atoms with Crippen LogP contribution < -0.4 is 11.1 Å². The molecule has 0 aliphatic heterocycles. The van der Waals surface area contributed by atoms with Crippen LogP contribution in [0.5, 0.6) is 0 Å². The van der Waals surface area contributed by atoms with Gasteiger partial charge >= 0.3 is 0 Å². The van der Waals surface area contributed by atoms with E-state index in [4.69, 9.17) is 10.5 Å². The van der Waals surface area contributed by atoms with Crippen molar-refractivity contribution in [3.8, 4) is 0 Å². The van der Waals surface area contributed by atoms with Crippen LogP contribution >= 0.6 is 0 Å². The lowest BCUT2D eigenvalue weighted by Crippen LogP contribution is -2.46. The van der Waals surface area contributed by atoms with E-state index in [9.17, 15) is 0 Å². The molecule has 0 heterocycles. The van der Waals surface area contributed by atoms with E-state index in [1.54, 1.807) is 7.11 Å². The van der Waals surface area contributed by atoms with Crippen molar-refractivity contribution in [3.63, 3.8) is 0 Å². The first-order valence-corrected chi connectivity index (χ1v) is 3.83. The largest absolute Gasteiger partial charge is 0.381 e. The van der Waals surface area contributed by atoms with Crippen LogP contribution in [0.15, 0.2) is 0 Å². The molecule has 1 rings (SSSR count). The second-order valence-corrected chi connectivity index (χ2v) is 2.77. The summed E-state index contributed by atoms with van der Waals surface area (Å²) in [5.41, 5.74) is 5.33. The predicted molar refractivity (Wildman–Crippen MR) is 40.9 cm³/mol. The molecule has 3 heteroatoms. The van der Waals surface area contributed by atoms with Crippen LogP contribution in [0.25, 0.3) is 0 Å². The lowest BCUT2D eigenvalue weighted by atomic mass is 9.89. The Morgan fingerprint density at radius 1 is 1.60 bits per heavy atom. The predicted octanol–water partition coefficient (Wildman–Crippen LogP) is -0.288. The molecule has 0 amide bonds. The minimum Gasteiger partial charge on any atom is -0.381 e. The lowest BCUT2D eigenvalue weighted by molar-refractivity contribution is 0.0178. The average molecular weight is 144 g/mol. The first kappa shape index (κ1) is 7.98. The third-order valence-corrected chi connectivity index (χ3v) is 2.01. The Morgan fingerprint density at radius 3 is 2.80 bits per heavy atom. The molecule has 0 unspecified atom stereocenters. The minimum absolute atomic E-state index is 0.496. The van der Waals surface area contributed by atoms with E-state index in [0.717, 1.165) is 25.9 Å². The van der Waals surface area contributed by atoms with Crippen LogP contribution in [0.4, 0.5) is 0 Å². The second kappa shape index (κ2) is 3.91.